The summed E-state index contributed by atoms with van der Waals surface area (Å²) in [6, 6.07) is 16.4. The lowest BCUT2D eigenvalue weighted by atomic mass is 10.0. The second-order valence-electron chi connectivity index (χ2n) is 7.35. The molecule has 1 aliphatic carbocycles. The minimum absolute atomic E-state index is 0.111. The first-order valence-electron chi connectivity index (χ1n) is 9.63. The van der Waals surface area contributed by atoms with E-state index in [1.807, 2.05) is 43.3 Å². The van der Waals surface area contributed by atoms with E-state index in [9.17, 15) is 9.59 Å². The Bertz CT molecular complexity index is 1060. The lowest BCUT2D eigenvalue weighted by Gasteiger charge is -2.13. The number of esters is 1. The standard InChI is InChI=1S/C23H21ClN2O3/c1-14(15-6-7-15)25-22(27)13-29-23(28)19-12-21(16-8-10-17(24)11-9-16)26-20-5-3-2-4-18(19)20/h2-5,8-12,14-15H,6-7,13H2,1H3,(H,25,27)/t14-/m1/s1. The molecule has 0 unspecified atom stereocenters. The molecule has 3 aromatic rings. The molecule has 0 spiro atoms. The molecular weight excluding hydrogens is 388 g/mol. The zero-order valence-electron chi connectivity index (χ0n) is 16.0. The highest BCUT2D eigenvalue weighted by molar-refractivity contribution is 6.30. The fraction of sp³-hybridized carbons (Fsp3) is 0.261. The van der Waals surface area contributed by atoms with Crippen LogP contribution < -0.4 is 5.32 Å². The molecular formula is C23H21ClN2O3. The number of pyridine rings is 1. The van der Waals surface area contributed by atoms with Gasteiger partial charge in [0.2, 0.25) is 0 Å². The number of amides is 1. The molecule has 1 atom stereocenters. The summed E-state index contributed by atoms with van der Waals surface area (Å²) in [7, 11) is 0. The second kappa shape index (κ2) is 8.21. The van der Waals surface area contributed by atoms with E-state index in [2.05, 4.69) is 10.3 Å². The van der Waals surface area contributed by atoms with Crippen LogP contribution in [-0.4, -0.2) is 29.5 Å². The van der Waals surface area contributed by atoms with Crippen molar-refractivity contribution in [2.24, 2.45) is 5.92 Å². The van der Waals surface area contributed by atoms with Gasteiger partial charge in [0.25, 0.3) is 5.91 Å². The Morgan fingerprint density at radius 3 is 2.62 bits per heavy atom. The van der Waals surface area contributed by atoms with Crippen molar-refractivity contribution in [2.75, 3.05) is 6.61 Å². The van der Waals surface area contributed by atoms with Crippen molar-refractivity contribution in [3.05, 3.63) is 65.2 Å². The Labute approximate surface area is 174 Å². The van der Waals surface area contributed by atoms with E-state index in [4.69, 9.17) is 16.3 Å². The first kappa shape index (κ1) is 19.4. The van der Waals surface area contributed by atoms with E-state index in [0.717, 1.165) is 18.4 Å². The van der Waals surface area contributed by atoms with Crippen molar-refractivity contribution in [3.63, 3.8) is 0 Å². The van der Waals surface area contributed by atoms with Crippen LogP contribution in [0.3, 0.4) is 0 Å². The predicted molar refractivity (Wildman–Crippen MR) is 113 cm³/mol. The van der Waals surface area contributed by atoms with Crippen molar-refractivity contribution in [1.29, 1.82) is 0 Å². The second-order valence-corrected chi connectivity index (χ2v) is 7.79. The van der Waals surface area contributed by atoms with Crippen molar-refractivity contribution < 1.29 is 14.3 Å². The average molecular weight is 409 g/mol. The molecule has 5 nitrogen and oxygen atoms in total. The van der Waals surface area contributed by atoms with Crippen LogP contribution >= 0.6 is 11.6 Å². The average Bonchev–Trinajstić information content (AvgIpc) is 3.57. The number of ether oxygens (including phenoxy) is 1. The summed E-state index contributed by atoms with van der Waals surface area (Å²) in [5, 5.41) is 4.20. The minimum atomic E-state index is -0.548. The highest BCUT2D eigenvalue weighted by Crippen LogP contribution is 2.32. The maximum absolute atomic E-state index is 12.8. The van der Waals surface area contributed by atoms with Crippen LogP contribution in [0.1, 0.15) is 30.1 Å². The molecule has 29 heavy (non-hydrogen) atoms. The number of benzene rings is 2. The number of rotatable bonds is 6. The molecule has 1 saturated carbocycles. The maximum atomic E-state index is 12.8. The number of carbonyl (C=O) groups excluding carboxylic acids is 2. The lowest BCUT2D eigenvalue weighted by molar-refractivity contribution is -0.124. The summed E-state index contributed by atoms with van der Waals surface area (Å²) >= 11 is 5.97. The molecule has 1 N–H and O–H groups in total. The number of aromatic nitrogens is 1. The van der Waals surface area contributed by atoms with Crippen LogP contribution in [-0.2, 0) is 9.53 Å². The fourth-order valence-corrected chi connectivity index (χ4v) is 3.46. The summed E-state index contributed by atoms with van der Waals surface area (Å²) < 4.78 is 5.31. The Kier molecular flexibility index (Phi) is 5.49. The monoisotopic (exact) mass is 408 g/mol. The smallest absolute Gasteiger partial charge is 0.339 e. The van der Waals surface area contributed by atoms with Crippen molar-refractivity contribution in [3.8, 4) is 11.3 Å². The van der Waals surface area contributed by atoms with Gasteiger partial charge in [-0.2, -0.15) is 0 Å². The van der Waals surface area contributed by atoms with Crippen molar-refractivity contribution >= 4 is 34.4 Å². The Morgan fingerprint density at radius 1 is 1.17 bits per heavy atom. The lowest BCUT2D eigenvalue weighted by Crippen LogP contribution is -2.37. The molecule has 0 saturated heterocycles. The quantitative estimate of drug-likeness (QED) is 0.604. The van der Waals surface area contributed by atoms with Gasteiger partial charge in [0, 0.05) is 22.0 Å². The Hall–Kier alpha value is -2.92. The van der Waals surface area contributed by atoms with Crippen LogP contribution in [0.25, 0.3) is 22.2 Å². The molecule has 0 radical (unpaired) electrons. The van der Waals surface area contributed by atoms with Gasteiger partial charge in [-0.25, -0.2) is 9.78 Å². The Morgan fingerprint density at radius 2 is 1.90 bits per heavy atom. The van der Waals surface area contributed by atoms with E-state index in [1.165, 1.54) is 0 Å². The van der Waals surface area contributed by atoms with Crippen LogP contribution in [0.4, 0.5) is 0 Å². The molecule has 1 aromatic heterocycles. The van der Waals surface area contributed by atoms with E-state index in [1.54, 1.807) is 18.2 Å². The Balaban J connectivity index is 1.57. The van der Waals surface area contributed by atoms with E-state index in [0.29, 0.717) is 33.1 Å². The normalized spacial score (nSPS) is 14.4. The van der Waals surface area contributed by atoms with Crippen molar-refractivity contribution in [1.82, 2.24) is 10.3 Å². The molecule has 4 rings (SSSR count). The molecule has 0 aliphatic heterocycles. The summed E-state index contributed by atoms with van der Waals surface area (Å²) in [5.41, 5.74) is 2.53. The molecule has 2 aromatic carbocycles. The summed E-state index contributed by atoms with van der Waals surface area (Å²) in [5.74, 6) is -0.289. The molecule has 1 heterocycles. The number of fused-ring (bicyclic) bond motifs is 1. The van der Waals surface area contributed by atoms with Crippen molar-refractivity contribution in [2.45, 2.75) is 25.8 Å². The van der Waals surface area contributed by atoms with Gasteiger partial charge < -0.3 is 10.1 Å². The number of carbonyl (C=O) groups is 2. The molecule has 0 bridgehead atoms. The van der Waals surface area contributed by atoms with Crippen LogP contribution in [0.5, 0.6) is 0 Å². The highest BCUT2D eigenvalue weighted by Gasteiger charge is 2.29. The molecule has 1 amide bonds. The van der Waals surface area contributed by atoms with Gasteiger partial charge in [0.05, 0.1) is 16.8 Å². The van der Waals surface area contributed by atoms with Gasteiger partial charge in [0.15, 0.2) is 6.61 Å². The van der Waals surface area contributed by atoms with Gasteiger partial charge >= 0.3 is 5.97 Å². The van der Waals surface area contributed by atoms with Gasteiger partial charge in [-0.05, 0) is 49.9 Å². The number of hydrogen-bond donors (Lipinski definition) is 1. The first-order valence-corrected chi connectivity index (χ1v) is 10.0. The highest BCUT2D eigenvalue weighted by atomic mass is 35.5. The zero-order valence-corrected chi connectivity index (χ0v) is 16.8. The number of hydrogen-bond acceptors (Lipinski definition) is 4. The minimum Gasteiger partial charge on any atom is -0.452 e. The summed E-state index contributed by atoms with van der Waals surface area (Å²) in [4.78, 5) is 29.5. The van der Waals surface area contributed by atoms with Gasteiger partial charge in [-0.15, -0.1) is 0 Å². The molecule has 6 heteroatoms. The van der Waals surface area contributed by atoms with E-state index in [-0.39, 0.29) is 18.6 Å². The number of para-hydroxylation sites is 1. The number of halogens is 1. The largest absolute Gasteiger partial charge is 0.452 e. The third kappa shape index (κ3) is 4.57. The first-order chi connectivity index (χ1) is 14.0. The molecule has 1 fully saturated rings. The number of nitrogens with one attached hydrogen (secondary N) is 1. The third-order valence-corrected chi connectivity index (χ3v) is 5.38. The van der Waals surface area contributed by atoms with Crippen LogP contribution in [0.2, 0.25) is 5.02 Å². The van der Waals surface area contributed by atoms with Gasteiger partial charge in [-0.1, -0.05) is 41.9 Å². The SMILES string of the molecule is C[C@@H](NC(=O)COC(=O)c1cc(-c2ccc(Cl)cc2)nc2ccccc12)C1CC1. The number of nitrogens with zero attached hydrogens (tertiary/aromatic N) is 1. The predicted octanol–water partition coefficient (Wildman–Crippen LogP) is 4.63. The fourth-order valence-electron chi connectivity index (χ4n) is 3.33. The van der Waals surface area contributed by atoms with Gasteiger partial charge in [0.1, 0.15) is 0 Å². The van der Waals surface area contributed by atoms with E-state index >= 15 is 0 Å². The topological polar surface area (TPSA) is 68.3 Å². The molecule has 148 valence electrons. The van der Waals surface area contributed by atoms with Crippen LogP contribution in [0.15, 0.2) is 54.6 Å². The maximum Gasteiger partial charge on any atom is 0.339 e. The summed E-state index contributed by atoms with van der Waals surface area (Å²) in [6.07, 6.45) is 2.27. The summed E-state index contributed by atoms with van der Waals surface area (Å²) in [6.45, 7) is 1.68. The van der Waals surface area contributed by atoms with Gasteiger partial charge in [-0.3, -0.25) is 4.79 Å². The van der Waals surface area contributed by atoms with E-state index < -0.39 is 5.97 Å². The molecule has 1 aliphatic rings. The van der Waals surface area contributed by atoms with Crippen LogP contribution in [0, 0.1) is 5.92 Å². The zero-order chi connectivity index (χ0) is 20.4. The third-order valence-electron chi connectivity index (χ3n) is 5.13.